The SMILES string of the molecule is CC(Nc1ccnc(NN)n1)c1cccc(F)c1. The molecule has 0 aliphatic carbocycles. The molecule has 0 spiro atoms. The Morgan fingerprint density at radius 1 is 1.33 bits per heavy atom. The fourth-order valence-electron chi connectivity index (χ4n) is 1.59. The van der Waals surface area contributed by atoms with Crippen LogP contribution in [0.2, 0.25) is 0 Å². The van der Waals surface area contributed by atoms with Crippen molar-refractivity contribution in [1.82, 2.24) is 9.97 Å². The average molecular weight is 247 g/mol. The van der Waals surface area contributed by atoms with E-state index in [9.17, 15) is 4.39 Å². The van der Waals surface area contributed by atoms with Crippen LogP contribution >= 0.6 is 0 Å². The summed E-state index contributed by atoms with van der Waals surface area (Å²) in [5, 5.41) is 3.15. The number of aromatic nitrogens is 2. The van der Waals surface area contributed by atoms with Crippen LogP contribution in [0, 0.1) is 5.82 Å². The Balaban J connectivity index is 2.13. The van der Waals surface area contributed by atoms with Gasteiger partial charge in [0.15, 0.2) is 0 Å². The third kappa shape index (κ3) is 2.92. The maximum absolute atomic E-state index is 13.1. The summed E-state index contributed by atoms with van der Waals surface area (Å²) in [5.41, 5.74) is 3.21. The van der Waals surface area contributed by atoms with Gasteiger partial charge in [0.2, 0.25) is 5.95 Å². The molecule has 1 atom stereocenters. The Bertz CT molecular complexity index is 531. The van der Waals surface area contributed by atoms with Gasteiger partial charge in [0, 0.05) is 6.20 Å². The zero-order valence-electron chi connectivity index (χ0n) is 9.89. The van der Waals surface area contributed by atoms with Crippen LogP contribution in [0.3, 0.4) is 0 Å². The van der Waals surface area contributed by atoms with Crippen LogP contribution in [0.1, 0.15) is 18.5 Å². The van der Waals surface area contributed by atoms with Crippen molar-refractivity contribution in [3.63, 3.8) is 0 Å². The third-order valence-electron chi connectivity index (χ3n) is 2.50. The highest BCUT2D eigenvalue weighted by Gasteiger charge is 2.07. The predicted molar refractivity (Wildman–Crippen MR) is 68.3 cm³/mol. The summed E-state index contributed by atoms with van der Waals surface area (Å²) in [6.45, 7) is 1.92. The van der Waals surface area contributed by atoms with Crippen molar-refractivity contribution in [3.05, 3.63) is 47.9 Å². The van der Waals surface area contributed by atoms with Crippen LogP contribution < -0.4 is 16.6 Å². The van der Waals surface area contributed by atoms with Crippen molar-refractivity contribution in [1.29, 1.82) is 0 Å². The molecule has 1 aromatic carbocycles. The van der Waals surface area contributed by atoms with E-state index in [0.29, 0.717) is 11.8 Å². The van der Waals surface area contributed by atoms with Crippen LogP contribution in [0.25, 0.3) is 0 Å². The van der Waals surface area contributed by atoms with Crippen molar-refractivity contribution in [2.75, 3.05) is 10.7 Å². The van der Waals surface area contributed by atoms with Crippen molar-refractivity contribution < 1.29 is 4.39 Å². The minimum Gasteiger partial charge on any atom is -0.363 e. The lowest BCUT2D eigenvalue weighted by Crippen LogP contribution is -2.13. The van der Waals surface area contributed by atoms with Crippen LogP contribution in [-0.2, 0) is 0 Å². The number of nitrogens with two attached hydrogens (primary N) is 1. The van der Waals surface area contributed by atoms with Gasteiger partial charge < -0.3 is 5.32 Å². The summed E-state index contributed by atoms with van der Waals surface area (Å²) in [6.07, 6.45) is 1.59. The summed E-state index contributed by atoms with van der Waals surface area (Å²) in [7, 11) is 0. The van der Waals surface area contributed by atoms with E-state index in [-0.39, 0.29) is 11.9 Å². The van der Waals surface area contributed by atoms with Crippen LogP contribution in [0.5, 0.6) is 0 Å². The molecule has 0 aliphatic heterocycles. The van der Waals surface area contributed by atoms with Crippen molar-refractivity contribution in [2.24, 2.45) is 5.84 Å². The Morgan fingerprint density at radius 3 is 2.89 bits per heavy atom. The normalized spacial score (nSPS) is 11.9. The van der Waals surface area contributed by atoms with Gasteiger partial charge in [-0.05, 0) is 30.7 Å². The van der Waals surface area contributed by atoms with Gasteiger partial charge >= 0.3 is 0 Å². The van der Waals surface area contributed by atoms with E-state index in [4.69, 9.17) is 5.84 Å². The highest BCUT2D eigenvalue weighted by Crippen LogP contribution is 2.18. The molecule has 1 aromatic heterocycles. The number of nitrogens with one attached hydrogen (secondary N) is 2. The van der Waals surface area contributed by atoms with Gasteiger partial charge in [-0.2, -0.15) is 4.98 Å². The Morgan fingerprint density at radius 2 is 2.17 bits per heavy atom. The molecule has 1 unspecified atom stereocenters. The topological polar surface area (TPSA) is 75.9 Å². The van der Waals surface area contributed by atoms with E-state index in [1.807, 2.05) is 13.0 Å². The standard InChI is InChI=1S/C12H14FN5/c1-8(9-3-2-4-10(13)7-9)16-11-5-6-15-12(17-11)18-14/h2-8H,14H2,1H3,(H2,15,16,17,18). The smallest absolute Gasteiger partial charge is 0.239 e. The summed E-state index contributed by atoms with van der Waals surface area (Å²) in [4.78, 5) is 8.03. The lowest BCUT2D eigenvalue weighted by molar-refractivity contribution is 0.623. The largest absolute Gasteiger partial charge is 0.363 e. The van der Waals surface area contributed by atoms with E-state index in [2.05, 4.69) is 20.7 Å². The number of hydrazine groups is 1. The second-order valence-corrected chi connectivity index (χ2v) is 3.83. The van der Waals surface area contributed by atoms with Gasteiger partial charge in [-0.1, -0.05) is 12.1 Å². The molecule has 1 heterocycles. The summed E-state index contributed by atoms with van der Waals surface area (Å²) < 4.78 is 13.1. The minimum absolute atomic E-state index is 0.0683. The molecule has 0 saturated carbocycles. The van der Waals surface area contributed by atoms with Crippen molar-refractivity contribution >= 4 is 11.8 Å². The monoisotopic (exact) mass is 247 g/mol. The first-order valence-electron chi connectivity index (χ1n) is 5.50. The molecule has 0 aliphatic rings. The van der Waals surface area contributed by atoms with Crippen LogP contribution in [-0.4, -0.2) is 9.97 Å². The average Bonchev–Trinajstić information content (AvgIpc) is 2.39. The Labute approximate surface area is 104 Å². The molecule has 0 radical (unpaired) electrons. The first-order valence-corrected chi connectivity index (χ1v) is 5.50. The first-order chi connectivity index (χ1) is 8.69. The van der Waals surface area contributed by atoms with E-state index >= 15 is 0 Å². The van der Waals surface area contributed by atoms with Crippen LogP contribution in [0.15, 0.2) is 36.5 Å². The molecule has 0 amide bonds. The van der Waals surface area contributed by atoms with Gasteiger partial charge in [-0.3, -0.25) is 5.43 Å². The number of nitrogens with zero attached hydrogens (tertiary/aromatic N) is 2. The number of hydrogen-bond donors (Lipinski definition) is 3. The van der Waals surface area contributed by atoms with Crippen LogP contribution in [0.4, 0.5) is 16.2 Å². The van der Waals surface area contributed by atoms with E-state index in [1.54, 1.807) is 18.3 Å². The quantitative estimate of drug-likeness (QED) is 0.569. The number of anilines is 2. The molecular weight excluding hydrogens is 233 g/mol. The summed E-state index contributed by atoms with van der Waals surface area (Å²) >= 11 is 0. The maximum atomic E-state index is 13.1. The summed E-state index contributed by atoms with van der Waals surface area (Å²) in [6, 6.07) is 8.08. The Kier molecular flexibility index (Phi) is 3.69. The lowest BCUT2D eigenvalue weighted by atomic mass is 10.1. The number of nitrogen functional groups attached to an aromatic ring is 1. The number of halogens is 1. The van der Waals surface area contributed by atoms with Gasteiger partial charge in [0.25, 0.3) is 0 Å². The van der Waals surface area contributed by atoms with Gasteiger partial charge in [-0.15, -0.1) is 0 Å². The summed E-state index contributed by atoms with van der Waals surface area (Å²) in [5.74, 6) is 5.92. The second-order valence-electron chi connectivity index (χ2n) is 3.83. The van der Waals surface area contributed by atoms with E-state index in [0.717, 1.165) is 5.56 Å². The van der Waals surface area contributed by atoms with Crippen molar-refractivity contribution in [2.45, 2.75) is 13.0 Å². The molecule has 6 heteroatoms. The highest BCUT2D eigenvalue weighted by molar-refractivity contribution is 5.41. The predicted octanol–water partition coefficient (Wildman–Crippen LogP) is 2.07. The fourth-order valence-corrected chi connectivity index (χ4v) is 1.59. The van der Waals surface area contributed by atoms with Gasteiger partial charge in [-0.25, -0.2) is 15.2 Å². The van der Waals surface area contributed by atoms with Gasteiger partial charge in [0.05, 0.1) is 6.04 Å². The highest BCUT2D eigenvalue weighted by atomic mass is 19.1. The number of rotatable bonds is 4. The lowest BCUT2D eigenvalue weighted by Gasteiger charge is -2.15. The molecule has 18 heavy (non-hydrogen) atoms. The zero-order valence-corrected chi connectivity index (χ0v) is 9.89. The number of hydrogen-bond acceptors (Lipinski definition) is 5. The van der Waals surface area contributed by atoms with Crippen molar-refractivity contribution in [3.8, 4) is 0 Å². The molecule has 5 nitrogen and oxygen atoms in total. The van der Waals surface area contributed by atoms with E-state index < -0.39 is 0 Å². The fraction of sp³-hybridized carbons (Fsp3) is 0.167. The molecule has 0 bridgehead atoms. The third-order valence-corrected chi connectivity index (χ3v) is 2.50. The van der Waals surface area contributed by atoms with Gasteiger partial charge in [0.1, 0.15) is 11.6 Å². The number of benzene rings is 1. The minimum atomic E-state index is -0.256. The molecule has 2 aromatic rings. The first kappa shape index (κ1) is 12.3. The zero-order chi connectivity index (χ0) is 13.0. The molecule has 94 valence electrons. The van der Waals surface area contributed by atoms with E-state index in [1.165, 1.54) is 12.1 Å². The Hall–Kier alpha value is -2.21. The molecule has 0 saturated heterocycles. The molecule has 4 N–H and O–H groups in total. The molecular formula is C12H14FN5. The second kappa shape index (κ2) is 5.42. The maximum Gasteiger partial charge on any atom is 0.239 e. The molecule has 0 fully saturated rings. The molecule has 2 rings (SSSR count).